The zero-order chi connectivity index (χ0) is 15.6. The number of hydrogen-bond donors (Lipinski definition) is 1. The van der Waals surface area contributed by atoms with Gasteiger partial charge in [0, 0.05) is 34.9 Å². The minimum absolute atomic E-state index is 0.167. The first kappa shape index (κ1) is 14.5. The Morgan fingerprint density at radius 1 is 1.17 bits per heavy atom. The summed E-state index contributed by atoms with van der Waals surface area (Å²) in [5.41, 5.74) is 2.89. The fourth-order valence-electron chi connectivity index (χ4n) is 3.20. The lowest BCUT2D eigenvalue weighted by Crippen LogP contribution is -2.24. The van der Waals surface area contributed by atoms with Gasteiger partial charge in [-0.2, -0.15) is 0 Å². The molecule has 5 heteroatoms. The Kier molecular flexibility index (Phi) is 3.87. The summed E-state index contributed by atoms with van der Waals surface area (Å²) in [6.07, 6.45) is 9.70. The van der Waals surface area contributed by atoms with Crippen LogP contribution in [0.15, 0.2) is 42.0 Å². The normalized spacial score (nSPS) is 15.8. The molecule has 0 bridgehead atoms. The molecule has 1 aliphatic carbocycles. The van der Waals surface area contributed by atoms with E-state index in [-0.39, 0.29) is 11.8 Å². The number of hydrogen-bond acceptors (Lipinski definition) is 3. The van der Waals surface area contributed by atoms with Crippen LogP contribution in [0.4, 0.5) is 5.69 Å². The van der Waals surface area contributed by atoms with Crippen molar-refractivity contribution in [1.29, 1.82) is 0 Å². The average molecular weight is 325 g/mol. The highest BCUT2D eigenvalue weighted by Crippen LogP contribution is 2.26. The molecule has 0 radical (unpaired) electrons. The lowest BCUT2D eigenvalue weighted by molar-refractivity contribution is -0.120. The van der Waals surface area contributed by atoms with Crippen LogP contribution in [0, 0.1) is 5.92 Å². The molecule has 3 aromatic rings. The second kappa shape index (κ2) is 6.16. The van der Waals surface area contributed by atoms with E-state index in [4.69, 9.17) is 0 Å². The molecule has 4 nitrogen and oxygen atoms in total. The van der Waals surface area contributed by atoms with E-state index < -0.39 is 0 Å². The van der Waals surface area contributed by atoms with Gasteiger partial charge in [0.25, 0.3) is 0 Å². The number of aromatic nitrogens is 2. The zero-order valence-corrected chi connectivity index (χ0v) is 13.7. The maximum atomic E-state index is 12.3. The molecular formula is C18H19N3OS. The number of nitrogens with zero attached hydrogens (tertiary/aromatic N) is 2. The molecule has 1 saturated carbocycles. The zero-order valence-electron chi connectivity index (χ0n) is 12.9. The van der Waals surface area contributed by atoms with Crippen molar-refractivity contribution in [2.45, 2.75) is 32.1 Å². The van der Waals surface area contributed by atoms with Crippen molar-refractivity contribution in [3.8, 4) is 11.3 Å². The van der Waals surface area contributed by atoms with Gasteiger partial charge in [-0.25, -0.2) is 4.98 Å². The molecule has 1 N–H and O–H groups in total. The molecule has 1 amide bonds. The van der Waals surface area contributed by atoms with Crippen molar-refractivity contribution in [3.05, 3.63) is 42.0 Å². The van der Waals surface area contributed by atoms with Crippen LogP contribution in [-0.2, 0) is 4.79 Å². The maximum Gasteiger partial charge on any atom is 0.227 e. The molecule has 1 aliphatic rings. The third-order valence-electron chi connectivity index (χ3n) is 4.52. The van der Waals surface area contributed by atoms with Crippen LogP contribution in [0.5, 0.6) is 0 Å². The van der Waals surface area contributed by atoms with Crippen LogP contribution in [0.1, 0.15) is 32.1 Å². The van der Waals surface area contributed by atoms with Crippen LogP contribution in [0.25, 0.3) is 16.2 Å². The largest absolute Gasteiger partial charge is 0.326 e. The number of carbonyl (C=O) groups is 1. The number of nitrogens with one attached hydrogen (secondary N) is 1. The fourth-order valence-corrected chi connectivity index (χ4v) is 3.90. The van der Waals surface area contributed by atoms with Gasteiger partial charge in [0.15, 0.2) is 4.96 Å². The summed E-state index contributed by atoms with van der Waals surface area (Å²) in [6, 6.07) is 7.96. The number of fused-ring (bicyclic) bond motifs is 1. The van der Waals surface area contributed by atoms with E-state index in [1.807, 2.05) is 46.4 Å². The van der Waals surface area contributed by atoms with Gasteiger partial charge in [0.05, 0.1) is 5.69 Å². The Balaban J connectivity index is 1.47. The highest BCUT2D eigenvalue weighted by atomic mass is 32.1. The summed E-state index contributed by atoms with van der Waals surface area (Å²) >= 11 is 1.63. The van der Waals surface area contributed by atoms with Crippen LogP contribution in [0.3, 0.4) is 0 Å². The Hall–Kier alpha value is -2.14. The van der Waals surface area contributed by atoms with Gasteiger partial charge in [0.1, 0.15) is 0 Å². The van der Waals surface area contributed by atoms with E-state index in [0.717, 1.165) is 34.7 Å². The van der Waals surface area contributed by atoms with Crippen molar-refractivity contribution in [1.82, 2.24) is 9.38 Å². The number of benzene rings is 1. The average Bonchev–Trinajstić information content (AvgIpc) is 3.18. The van der Waals surface area contributed by atoms with Gasteiger partial charge in [-0.3, -0.25) is 9.20 Å². The molecular weight excluding hydrogens is 306 g/mol. The number of rotatable bonds is 3. The lowest BCUT2D eigenvalue weighted by Gasteiger charge is -2.20. The third kappa shape index (κ3) is 3.01. The van der Waals surface area contributed by atoms with E-state index in [0.29, 0.717) is 0 Å². The molecule has 1 fully saturated rings. The minimum atomic E-state index is 0.167. The molecule has 2 aromatic heterocycles. The van der Waals surface area contributed by atoms with E-state index in [9.17, 15) is 4.79 Å². The summed E-state index contributed by atoms with van der Waals surface area (Å²) in [5.74, 6) is 0.350. The smallest absolute Gasteiger partial charge is 0.227 e. The number of thiazole rings is 1. The van der Waals surface area contributed by atoms with Gasteiger partial charge in [-0.15, -0.1) is 11.3 Å². The van der Waals surface area contributed by atoms with Crippen molar-refractivity contribution in [2.24, 2.45) is 5.92 Å². The first-order chi connectivity index (χ1) is 11.3. The van der Waals surface area contributed by atoms with Crippen LogP contribution in [0.2, 0.25) is 0 Å². The standard InChI is InChI=1S/C18H19N3OS/c22-17(14-4-2-1-3-5-14)19-15-8-6-13(7-9-15)16-12-21-10-11-23-18(21)20-16/h6-12,14H,1-5H2,(H,19,22). The molecule has 2 heterocycles. The number of amides is 1. The first-order valence-corrected chi connectivity index (χ1v) is 9.01. The number of anilines is 1. The second-order valence-corrected chi connectivity index (χ2v) is 6.99. The van der Waals surface area contributed by atoms with Crippen molar-refractivity contribution in [2.75, 3.05) is 5.32 Å². The molecule has 0 spiro atoms. The molecule has 23 heavy (non-hydrogen) atoms. The molecule has 0 atom stereocenters. The van der Waals surface area contributed by atoms with Gasteiger partial charge in [0.2, 0.25) is 5.91 Å². The molecule has 1 aromatic carbocycles. The fraction of sp³-hybridized carbons (Fsp3) is 0.333. The molecule has 4 rings (SSSR count). The monoisotopic (exact) mass is 325 g/mol. The maximum absolute atomic E-state index is 12.3. The van der Waals surface area contributed by atoms with Gasteiger partial charge in [-0.05, 0) is 25.0 Å². The Morgan fingerprint density at radius 2 is 1.96 bits per heavy atom. The van der Waals surface area contributed by atoms with Crippen molar-refractivity contribution in [3.63, 3.8) is 0 Å². The first-order valence-electron chi connectivity index (χ1n) is 8.13. The Bertz CT molecular complexity index is 784. The van der Waals surface area contributed by atoms with Gasteiger partial charge < -0.3 is 5.32 Å². The number of carbonyl (C=O) groups excluding carboxylic acids is 1. The summed E-state index contributed by atoms with van der Waals surface area (Å²) in [5, 5.41) is 5.07. The van der Waals surface area contributed by atoms with Crippen molar-refractivity contribution >= 4 is 27.9 Å². The van der Waals surface area contributed by atoms with Crippen molar-refractivity contribution < 1.29 is 4.79 Å². The summed E-state index contributed by atoms with van der Waals surface area (Å²) in [6.45, 7) is 0. The molecule has 0 unspecified atom stereocenters. The highest BCUT2D eigenvalue weighted by Gasteiger charge is 2.20. The highest BCUT2D eigenvalue weighted by molar-refractivity contribution is 7.15. The lowest BCUT2D eigenvalue weighted by atomic mass is 9.88. The topological polar surface area (TPSA) is 46.4 Å². The van der Waals surface area contributed by atoms with Crippen LogP contribution >= 0.6 is 11.3 Å². The second-order valence-electron chi connectivity index (χ2n) is 6.12. The Morgan fingerprint density at radius 3 is 2.70 bits per heavy atom. The SMILES string of the molecule is O=C(Nc1ccc(-c2cn3ccsc3n2)cc1)C1CCCCC1. The van der Waals surface area contributed by atoms with Crippen LogP contribution < -0.4 is 5.32 Å². The van der Waals surface area contributed by atoms with E-state index in [1.165, 1.54) is 19.3 Å². The summed E-state index contributed by atoms with van der Waals surface area (Å²) < 4.78 is 2.03. The third-order valence-corrected chi connectivity index (χ3v) is 5.29. The molecule has 118 valence electrons. The predicted octanol–water partition coefficient (Wildman–Crippen LogP) is 4.58. The molecule has 0 saturated heterocycles. The van der Waals surface area contributed by atoms with Gasteiger partial charge in [-0.1, -0.05) is 31.4 Å². The van der Waals surface area contributed by atoms with E-state index in [2.05, 4.69) is 10.3 Å². The minimum Gasteiger partial charge on any atom is -0.326 e. The predicted molar refractivity (Wildman–Crippen MR) is 93.7 cm³/mol. The van der Waals surface area contributed by atoms with Gasteiger partial charge >= 0.3 is 0 Å². The quantitative estimate of drug-likeness (QED) is 0.766. The van der Waals surface area contributed by atoms with E-state index >= 15 is 0 Å². The number of imidazole rings is 1. The van der Waals surface area contributed by atoms with E-state index in [1.54, 1.807) is 11.3 Å². The Labute approximate surface area is 139 Å². The van der Waals surface area contributed by atoms with Crippen LogP contribution in [-0.4, -0.2) is 15.3 Å². The molecule has 0 aliphatic heterocycles. The summed E-state index contributed by atoms with van der Waals surface area (Å²) in [7, 11) is 0. The summed E-state index contributed by atoms with van der Waals surface area (Å²) in [4.78, 5) is 17.9.